The normalized spacial score (nSPS) is 17.9. The Morgan fingerprint density at radius 3 is 2.68 bits per heavy atom. The van der Waals surface area contributed by atoms with E-state index in [4.69, 9.17) is 0 Å². The van der Waals surface area contributed by atoms with Crippen LogP contribution >= 0.6 is 11.3 Å². The maximum Gasteiger partial charge on any atom is 0.315 e. The van der Waals surface area contributed by atoms with E-state index in [9.17, 15) is 9.90 Å². The highest BCUT2D eigenvalue weighted by Gasteiger charge is 2.42. The van der Waals surface area contributed by atoms with Gasteiger partial charge in [0.25, 0.3) is 0 Å². The smallest absolute Gasteiger partial charge is 0.315 e. The maximum atomic E-state index is 11.8. The monoisotopic (exact) mass is 282 g/mol. The Morgan fingerprint density at radius 1 is 1.53 bits per heavy atom. The highest BCUT2D eigenvalue weighted by Crippen LogP contribution is 2.44. The number of aryl methyl sites for hydroxylation is 2. The minimum absolute atomic E-state index is 0.00855. The van der Waals surface area contributed by atoms with Crippen molar-refractivity contribution in [2.75, 3.05) is 13.2 Å². The summed E-state index contributed by atoms with van der Waals surface area (Å²) < 4.78 is 0. The van der Waals surface area contributed by atoms with Gasteiger partial charge in [0, 0.05) is 21.7 Å². The number of aliphatic hydroxyl groups is 1. The Labute approximate surface area is 118 Å². The number of rotatable bonds is 5. The number of thiophene rings is 1. The van der Waals surface area contributed by atoms with Crippen molar-refractivity contribution in [1.82, 2.24) is 10.6 Å². The van der Waals surface area contributed by atoms with E-state index in [0.717, 1.165) is 12.8 Å². The lowest BCUT2D eigenvalue weighted by Crippen LogP contribution is -2.40. The first-order chi connectivity index (χ1) is 8.96. The molecule has 1 fully saturated rings. The Bertz CT molecular complexity index is 466. The SMILES string of the molecule is Cc1cc(C(C)NC(=O)NCC2(CO)CC2)c(C)s1. The third-order valence-corrected chi connectivity index (χ3v) is 4.79. The Balaban J connectivity index is 1.83. The molecule has 1 aliphatic rings. The standard InChI is InChI=1S/C14H22N2O2S/c1-9-6-12(11(3)19-9)10(2)16-13(18)15-7-14(8-17)4-5-14/h6,10,17H,4-5,7-8H2,1-3H3,(H2,15,16,18). The van der Waals surface area contributed by atoms with Crippen molar-refractivity contribution in [2.45, 2.75) is 39.7 Å². The number of carbonyl (C=O) groups excluding carboxylic acids is 1. The van der Waals surface area contributed by atoms with Gasteiger partial charge in [-0.15, -0.1) is 11.3 Å². The Kier molecular flexibility index (Phi) is 4.16. The Morgan fingerprint density at radius 2 is 2.21 bits per heavy atom. The Hall–Kier alpha value is -1.07. The van der Waals surface area contributed by atoms with Crippen LogP contribution in [0.25, 0.3) is 0 Å². The van der Waals surface area contributed by atoms with Crippen molar-refractivity contribution in [3.63, 3.8) is 0 Å². The second-order valence-electron chi connectivity index (χ2n) is 5.58. The van der Waals surface area contributed by atoms with Gasteiger partial charge in [-0.2, -0.15) is 0 Å². The quantitative estimate of drug-likeness (QED) is 0.777. The van der Waals surface area contributed by atoms with Crippen molar-refractivity contribution >= 4 is 17.4 Å². The third-order valence-electron chi connectivity index (χ3n) is 3.81. The molecule has 0 bridgehead atoms. The molecule has 0 aliphatic heterocycles. The van der Waals surface area contributed by atoms with Gasteiger partial charge in [0.1, 0.15) is 0 Å². The van der Waals surface area contributed by atoms with E-state index in [1.807, 2.05) is 6.92 Å². The van der Waals surface area contributed by atoms with Gasteiger partial charge in [0.05, 0.1) is 12.6 Å². The molecular formula is C14H22N2O2S. The summed E-state index contributed by atoms with van der Waals surface area (Å²) in [5.41, 5.74) is 1.14. The summed E-state index contributed by atoms with van der Waals surface area (Å²) >= 11 is 1.75. The van der Waals surface area contributed by atoms with Gasteiger partial charge in [-0.1, -0.05) is 0 Å². The van der Waals surface area contributed by atoms with Crippen LogP contribution in [0.1, 0.15) is 41.1 Å². The molecule has 0 spiro atoms. The molecule has 0 aromatic carbocycles. The zero-order valence-corrected chi connectivity index (χ0v) is 12.6. The largest absolute Gasteiger partial charge is 0.396 e. The van der Waals surface area contributed by atoms with Crippen molar-refractivity contribution < 1.29 is 9.90 Å². The predicted octanol–water partition coefficient (Wildman–Crippen LogP) is 2.50. The first-order valence-corrected chi connectivity index (χ1v) is 7.49. The number of amides is 2. The second kappa shape index (κ2) is 5.51. The molecule has 1 saturated carbocycles. The van der Waals surface area contributed by atoms with Gasteiger partial charge in [-0.05, 0) is 45.2 Å². The highest BCUT2D eigenvalue weighted by molar-refractivity contribution is 7.12. The minimum atomic E-state index is -0.157. The lowest BCUT2D eigenvalue weighted by Gasteiger charge is -2.17. The average molecular weight is 282 g/mol. The number of aliphatic hydroxyl groups excluding tert-OH is 1. The van der Waals surface area contributed by atoms with E-state index in [1.165, 1.54) is 15.3 Å². The molecule has 1 unspecified atom stereocenters. The zero-order valence-electron chi connectivity index (χ0n) is 11.7. The molecule has 0 radical (unpaired) electrons. The summed E-state index contributed by atoms with van der Waals surface area (Å²) in [6, 6.07) is 1.98. The van der Waals surface area contributed by atoms with E-state index < -0.39 is 0 Å². The van der Waals surface area contributed by atoms with Crippen molar-refractivity contribution in [2.24, 2.45) is 5.41 Å². The molecule has 2 rings (SSSR count). The number of nitrogens with one attached hydrogen (secondary N) is 2. The summed E-state index contributed by atoms with van der Waals surface area (Å²) in [5, 5.41) is 15.0. The van der Waals surface area contributed by atoms with Gasteiger partial charge < -0.3 is 15.7 Å². The van der Waals surface area contributed by atoms with Crippen LogP contribution in [-0.2, 0) is 0 Å². The fourth-order valence-corrected chi connectivity index (χ4v) is 3.26. The second-order valence-corrected chi connectivity index (χ2v) is 7.04. The fraction of sp³-hybridized carbons (Fsp3) is 0.643. The molecule has 1 heterocycles. The number of hydrogen-bond acceptors (Lipinski definition) is 3. The van der Waals surface area contributed by atoms with Crippen molar-refractivity contribution in [1.29, 1.82) is 0 Å². The minimum Gasteiger partial charge on any atom is -0.396 e. The molecule has 19 heavy (non-hydrogen) atoms. The molecule has 4 nitrogen and oxygen atoms in total. The predicted molar refractivity (Wildman–Crippen MR) is 77.5 cm³/mol. The molecule has 3 N–H and O–H groups in total. The molecule has 1 aliphatic carbocycles. The molecular weight excluding hydrogens is 260 g/mol. The molecule has 106 valence electrons. The van der Waals surface area contributed by atoms with E-state index in [-0.39, 0.29) is 24.1 Å². The molecule has 2 amide bonds. The average Bonchev–Trinajstić information content (AvgIpc) is 3.06. The van der Waals surface area contributed by atoms with E-state index in [0.29, 0.717) is 6.54 Å². The first-order valence-electron chi connectivity index (χ1n) is 6.68. The molecule has 5 heteroatoms. The molecule has 0 saturated heterocycles. The lowest BCUT2D eigenvalue weighted by molar-refractivity contribution is 0.202. The van der Waals surface area contributed by atoms with Crippen LogP contribution in [0.3, 0.4) is 0 Å². The zero-order chi connectivity index (χ0) is 14.0. The molecule has 1 aromatic heterocycles. The molecule has 1 aromatic rings. The summed E-state index contributed by atoms with van der Waals surface area (Å²) in [5.74, 6) is 0. The molecule has 1 atom stereocenters. The summed E-state index contributed by atoms with van der Waals surface area (Å²) in [6.45, 7) is 6.86. The van der Waals surface area contributed by atoms with Gasteiger partial charge >= 0.3 is 6.03 Å². The summed E-state index contributed by atoms with van der Waals surface area (Å²) in [4.78, 5) is 14.3. The van der Waals surface area contributed by atoms with Gasteiger partial charge in [-0.3, -0.25) is 0 Å². The van der Waals surface area contributed by atoms with Gasteiger partial charge in [-0.25, -0.2) is 4.79 Å². The van der Waals surface area contributed by atoms with Gasteiger partial charge in [0.15, 0.2) is 0 Å². The van der Waals surface area contributed by atoms with Crippen molar-refractivity contribution in [3.05, 3.63) is 21.4 Å². The first kappa shape index (κ1) is 14.3. The topological polar surface area (TPSA) is 61.4 Å². The van der Waals surface area contributed by atoms with Crippen LogP contribution in [-0.4, -0.2) is 24.3 Å². The number of hydrogen-bond donors (Lipinski definition) is 3. The number of urea groups is 1. The lowest BCUT2D eigenvalue weighted by atomic mass is 10.1. The fourth-order valence-electron chi connectivity index (χ4n) is 2.24. The maximum absolute atomic E-state index is 11.8. The van der Waals surface area contributed by atoms with Crippen molar-refractivity contribution in [3.8, 4) is 0 Å². The van der Waals surface area contributed by atoms with Crippen LogP contribution in [0, 0.1) is 19.3 Å². The van der Waals surface area contributed by atoms with Crippen LogP contribution in [0.2, 0.25) is 0 Å². The van der Waals surface area contributed by atoms with Crippen LogP contribution in [0.4, 0.5) is 4.79 Å². The van der Waals surface area contributed by atoms with E-state index in [2.05, 4.69) is 30.5 Å². The third kappa shape index (κ3) is 3.48. The van der Waals surface area contributed by atoms with Crippen LogP contribution < -0.4 is 10.6 Å². The van der Waals surface area contributed by atoms with Gasteiger partial charge in [0.2, 0.25) is 0 Å². The highest BCUT2D eigenvalue weighted by atomic mass is 32.1. The summed E-state index contributed by atoms with van der Waals surface area (Å²) in [7, 11) is 0. The number of carbonyl (C=O) groups is 1. The summed E-state index contributed by atoms with van der Waals surface area (Å²) in [6.07, 6.45) is 2.00. The van der Waals surface area contributed by atoms with E-state index >= 15 is 0 Å². The van der Waals surface area contributed by atoms with E-state index in [1.54, 1.807) is 11.3 Å². The van der Waals surface area contributed by atoms with Crippen LogP contribution in [0.5, 0.6) is 0 Å². The van der Waals surface area contributed by atoms with Crippen LogP contribution in [0.15, 0.2) is 6.07 Å².